The SMILES string of the molecule is Cc1cc(Cl)ccc1NC(=O)CCc1c(C)noc1C. The number of amides is 1. The maximum absolute atomic E-state index is 12.0. The zero-order valence-corrected chi connectivity index (χ0v) is 12.5. The van der Waals surface area contributed by atoms with Gasteiger partial charge in [-0.2, -0.15) is 0 Å². The third kappa shape index (κ3) is 3.39. The van der Waals surface area contributed by atoms with Crippen LogP contribution in [0.4, 0.5) is 5.69 Å². The number of nitrogens with one attached hydrogen (secondary N) is 1. The van der Waals surface area contributed by atoms with Gasteiger partial charge < -0.3 is 9.84 Å². The summed E-state index contributed by atoms with van der Waals surface area (Å²) in [5, 5.41) is 7.43. The monoisotopic (exact) mass is 292 g/mol. The largest absolute Gasteiger partial charge is 0.361 e. The predicted octanol–water partition coefficient (Wildman–Crippen LogP) is 3.82. The topological polar surface area (TPSA) is 55.1 Å². The van der Waals surface area contributed by atoms with Crippen molar-refractivity contribution in [1.82, 2.24) is 5.16 Å². The van der Waals surface area contributed by atoms with Crippen LogP contribution in [-0.4, -0.2) is 11.1 Å². The Labute approximate surface area is 123 Å². The lowest BCUT2D eigenvalue weighted by Gasteiger charge is -2.08. The molecule has 2 aromatic rings. The molecule has 0 saturated heterocycles. The van der Waals surface area contributed by atoms with Gasteiger partial charge in [-0.15, -0.1) is 0 Å². The second-order valence-corrected chi connectivity index (χ2v) is 5.25. The van der Waals surface area contributed by atoms with Crippen LogP contribution in [0.25, 0.3) is 0 Å². The van der Waals surface area contributed by atoms with E-state index in [4.69, 9.17) is 16.1 Å². The Hall–Kier alpha value is -1.81. The molecule has 4 nitrogen and oxygen atoms in total. The number of aromatic nitrogens is 1. The quantitative estimate of drug-likeness (QED) is 0.932. The minimum atomic E-state index is -0.0320. The van der Waals surface area contributed by atoms with Gasteiger partial charge in [-0.25, -0.2) is 0 Å². The Kier molecular flexibility index (Phi) is 4.45. The molecule has 20 heavy (non-hydrogen) atoms. The Morgan fingerprint density at radius 2 is 2.10 bits per heavy atom. The van der Waals surface area contributed by atoms with Crippen LogP contribution in [0.15, 0.2) is 22.7 Å². The first-order valence-corrected chi connectivity index (χ1v) is 6.83. The lowest BCUT2D eigenvalue weighted by Crippen LogP contribution is -2.13. The normalized spacial score (nSPS) is 10.6. The van der Waals surface area contributed by atoms with Gasteiger partial charge in [0.15, 0.2) is 0 Å². The fraction of sp³-hybridized carbons (Fsp3) is 0.333. The summed E-state index contributed by atoms with van der Waals surface area (Å²) < 4.78 is 5.08. The number of hydrogen-bond acceptors (Lipinski definition) is 3. The van der Waals surface area contributed by atoms with Gasteiger partial charge in [0, 0.05) is 22.7 Å². The van der Waals surface area contributed by atoms with Gasteiger partial charge in [0.05, 0.1) is 5.69 Å². The first-order valence-electron chi connectivity index (χ1n) is 6.45. The zero-order valence-electron chi connectivity index (χ0n) is 11.8. The Morgan fingerprint density at radius 3 is 2.70 bits per heavy atom. The van der Waals surface area contributed by atoms with Crippen molar-refractivity contribution in [2.75, 3.05) is 5.32 Å². The van der Waals surface area contributed by atoms with E-state index in [1.807, 2.05) is 32.9 Å². The van der Waals surface area contributed by atoms with E-state index in [2.05, 4.69) is 10.5 Å². The van der Waals surface area contributed by atoms with Crippen LogP contribution in [0.5, 0.6) is 0 Å². The van der Waals surface area contributed by atoms with Crippen LogP contribution in [0.1, 0.15) is 29.0 Å². The number of nitrogens with zero attached hydrogens (tertiary/aromatic N) is 1. The van der Waals surface area contributed by atoms with Crippen molar-refractivity contribution in [3.05, 3.63) is 45.8 Å². The van der Waals surface area contributed by atoms with Crippen molar-refractivity contribution in [3.8, 4) is 0 Å². The number of rotatable bonds is 4. The zero-order chi connectivity index (χ0) is 14.7. The van der Waals surface area contributed by atoms with E-state index >= 15 is 0 Å². The summed E-state index contributed by atoms with van der Waals surface area (Å²) in [5.74, 6) is 0.744. The summed E-state index contributed by atoms with van der Waals surface area (Å²) >= 11 is 5.89. The van der Waals surface area contributed by atoms with Crippen LogP contribution < -0.4 is 5.32 Å². The average Bonchev–Trinajstić information content (AvgIpc) is 2.70. The van der Waals surface area contributed by atoms with E-state index in [1.165, 1.54) is 0 Å². The summed E-state index contributed by atoms with van der Waals surface area (Å²) in [7, 11) is 0. The molecule has 0 unspecified atom stereocenters. The minimum absolute atomic E-state index is 0.0320. The van der Waals surface area contributed by atoms with E-state index < -0.39 is 0 Å². The molecule has 1 aromatic heterocycles. The number of halogens is 1. The standard InChI is InChI=1S/C15H17ClN2O2/c1-9-8-12(16)4-6-14(9)17-15(19)7-5-13-10(2)18-20-11(13)3/h4,6,8H,5,7H2,1-3H3,(H,17,19). The highest BCUT2D eigenvalue weighted by atomic mass is 35.5. The number of carbonyl (C=O) groups is 1. The summed E-state index contributed by atoms with van der Waals surface area (Å²) in [4.78, 5) is 12.0. The fourth-order valence-electron chi connectivity index (χ4n) is 2.08. The molecule has 0 fully saturated rings. The van der Waals surface area contributed by atoms with Crippen molar-refractivity contribution in [1.29, 1.82) is 0 Å². The molecular formula is C15H17ClN2O2. The van der Waals surface area contributed by atoms with Crippen LogP contribution >= 0.6 is 11.6 Å². The number of carbonyl (C=O) groups excluding carboxylic acids is 1. The van der Waals surface area contributed by atoms with Crippen molar-refractivity contribution < 1.29 is 9.32 Å². The average molecular weight is 293 g/mol. The molecule has 2 rings (SSSR count). The number of hydrogen-bond donors (Lipinski definition) is 1. The van der Waals surface area contributed by atoms with Crippen LogP contribution in [-0.2, 0) is 11.2 Å². The Balaban J connectivity index is 1.96. The van der Waals surface area contributed by atoms with E-state index in [-0.39, 0.29) is 5.91 Å². The molecule has 1 heterocycles. The molecule has 0 aliphatic carbocycles. The number of benzene rings is 1. The maximum atomic E-state index is 12.0. The van der Waals surface area contributed by atoms with Crippen LogP contribution in [0, 0.1) is 20.8 Å². The van der Waals surface area contributed by atoms with Gasteiger partial charge in [-0.1, -0.05) is 16.8 Å². The highest BCUT2D eigenvalue weighted by Crippen LogP contribution is 2.20. The van der Waals surface area contributed by atoms with Crippen molar-refractivity contribution in [3.63, 3.8) is 0 Å². The highest BCUT2D eigenvalue weighted by molar-refractivity contribution is 6.30. The molecule has 0 aliphatic rings. The molecule has 0 radical (unpaired) electrons. The molecular weight excluding hydrogens is 276 g/mol. The summed E-state index contributed by atoms with van der Waals surface area (Å²) in [6.45, 7) is 5.65. The molecule has 0 spiro atoms. The molecule has 1 aromatic carbocycles. The summed E-state index contributed by atoms with van der Waals surface area (Å²) in [6.07, 6.45) is 1.02. The lowest BCUT2D eigenvalue weighted by atomic mass is 10.1. The molecule has 5 heteroatoms. The van der Waals surface area contributed by atoms with Crippen LogP contribution in [0.2, 0.25) is 5.02 Å². The van der Waals surface area contributed by atoms with Gasteiger partial charge >= 0.3 is 0 Å². The minimum Gasteiger partial charge on any atom is -0.361 e. The first kappa shape index (κ1) is 14.6. The van der Waals surface area contributed by atoms with Crippen LogP contribution in [0.3, 0.4) is 0 Å². The number of aryl methyl sites for hydroxylation is 3. The van der Waals surface area contributed by atoms with Crippen molar-refractivity contribution >= 4 is 23.2 Å². The molecule has 1 amide bonds. The summed E-state index contributed by atoms with van der Waals surface area (Å²) in [5.41, 5.74) is 3.59. The third-order valence-corrected chi connectivity index (χ3v) is 3.48. The smallest absolute Gasteiger partial charge is 0.224 e. The van der Waals surface area contributed by atoms with Gasteiger partial charge in [-0.3, -0.25) is 4.79 Å². The molecule has 0 aliphatic heterocycles. The maximum Gasteiger partial charge on any atom is 0.224 e. The van der Waals surface area contributed by atoms with Gasteiger partial charge in [0.25, 0.3) is 0 Å². The Morgan fingerprint density at radius 1 is 1.35 bits per heavy atom. The summed E-state index contributed by atoms with van der Waals surface area (Å²) in [6, 6.07) is 5.40. The molecule has 106 valence electrons. The molecule has 1 N–H and O–H groups in total. The predicted molar refractivity (Wildman–Crippen MR) is 79.1 cm³/mol. The van der Waals surface area contributed by atoms with E-state index in [0.717, 1.165) is 28.3 Å². The Bertz CT molecular complexity index is 615. The molecule has 0 saturated carbocycles. The van der Waals surface area contributed by atoms with E-state index in [1.54, 1.807) is 6.07 Å². The van der Waals surface area contributed by atoms with E-state index in [0.29, 0.717) is 17.9 Å². The second kappa shape index (κ2) is 6.09. The molecule has 0 atom stereocenters. The number of anilines is 1. The second-order valence-electron chi connectivity index (χ2n) is 4.81. The van der Waals surface area contributed by atoms with Crippen molar-refractivity contribution in [2.45, 2.75) is 33.6 Å². The lowest BCUT2D eigenvalue weighted by molar-refractivity contribution is -0.116. The molecule has 0 bridgehead atoms. The fourth-order valence-corrected chi connectivity index (χ4v) is 2.30. The highest BCUT2D eigenvalue weighted by Gasteiger charge is 2.11. The van der Waals surface area contributed by atoms with Gasteiger partial charge in [-0.05, 0) is 51.0 Å². The first-order chi connectivity index (χ1) is 9.47. The van der Waals surface area contributed by atoms with Crippen molar-refractivity contribution in [2.24, 2.45) is 0 Å². The third-order valence-electron chi connectivity index (χ3n) is 3.25. The van der Waals surface area contributed by atoms with E-state index in [9.17, 15) is 4.79 Å². The van der Waals surface area contributed by atoms with Gasteiger partial charge in [0.2, 0.25) is 5.91 Å². The van der Waals surface area contributed by atoms with Gasteiger partial charge in [0.1, 0.15) is 5.76 Å².